The van der Waals surface area contributed by atoms with Crippen LogP contribution >= 0.6 is 7.14 Å². The number of hydrogen-bond donors (Lipinski definition) is 1. The predicted molar refractivity (Wildman–Crippen MR) is 101 cm³/mol. The second-order valence-corrected chi connectivity index (χ2v) is 9.41. The lowest BCUT2D eigenvalue weighted by Crippen LogP contribution is -2.36. The normalized spacial score (nSPS) is 22.4. The van der Waals surface area contributed by atoms with Crippen LogP contribution in [-0.2, 0) is 10.1 Å². The van der Waals surface area contributed by atoms with Gasteiger partial charge in [-0.3, -0.25) is 5.32 Å². The van der Waals surface area contributed by atoms with Crippen molar-refractivity contribution in [2.24, 2.45) is 0 Å². The van der Waals surface area contributed by atoms with Crippen molar-refractivity contribution >= 4 is 17.8 Å². The molecular weight excluding hydrogens is 370 g/mol. The number of alkyl halides is 3. The van der Waals surface area contributed by atoms with E-state index in [1.807, 2.05) is 0 Å². The lowest BCUT2D eigenvalue weighted by molar-refractivity contribution is -0.162. The molecule has 0 aromatic heterocycles. The van der Waals surface area contributed by atoms with Crippen LogP contribution in [0.15, 0.2) is 91.0 Å². The molecule has 0 spiro atoms. The molecule has 3 aromatic rings. The monoisotopic (exact) mass is 387 g/mol. The van der Waals surface area contributed by atoms with Gasteiger partial charge in [-0.05, 0) is 5.56 Å². The summed E-state index contributed by atoms with van der Waals surface area (Å²) < 4.78 is 56.9. The second kappa shape index (κ2) is 6.36. The van der Waals surface area contributed by atoms with Gasteiger partial charge >= 0.3 is 6.18 Å². The molecule has 1 fully saturated rings. The van der Waals surface area contributed by atoms with E-state index in [2.05, 4.69) is 5.32 Å². The first-order valence-electron chi connectivity index (χ1n) is 8.51. The summed E-state index contributed by atoms with van der Waals surface area (Å²) in [6.45, 7) is 0. The SMILES string of the molecule is O=P(c1ccccc1)(c1ccccc1)[C@@H]1N[C@]1(c1ccccc1)C(F)(F)F. The van der Waals surface area contributed by atoms with E-state index in [-0.39, 0.29) is 5.56 Å². The van der Waals surface area contributed by atoms with Gasteiger partial charge in [0.25, 0.3) is 0 Å². The fraction of sp³-hybridized carbons (Fsp3) is 0.143. The van der Waals surface area contributed by atoms with Gasteiger partial charge in [-0.15, -0.1) is 0 Å². The molecule has 2 nitrogen and oxygen atoms in total. The summed E-state index contributed by atoms with van der Waals surface area (Å²) >= 11 is 0. The van der Waals surface area contributed by atoms with Crippen molar-refractivity contribution in [2.75, 3.05) is 0 Å². The van der Waals surface area contributed by atoms with Crippen LogP contribution in [0.1, 0.15) is 5.56 Å². The van der Waals surface area contributed by atoms with Crippen molar-refractivity contribution in [3.05, 3.63) is 96.6 Å². The molecule has 0 unspecified atom stereocenters. The Balaban J connectivity index is 1.92. The van der Waals surface area contributed by atoms with Gasteiger partial charge in [0.2, 0.25) is 0 Å². The van der Waals surface area contributed by atoms with Crippen molar-refractivity contribution in [3.8, 4) is 0 Å². The first kappa shape index (κ1) is 18.0. The molecule has 1 N–H and O–H groups in total. The van der Waals surface area contributed by atoms with Crippen molar-refractivity contribution in [2.45, 2.75) is 17.5 Å². The predicted octanol–water partition coefficient (Wildman–Crippen LogP) is 4.39. The average molecular weight is 387 g/mol. The minimum atomic E-state index is -4.59. The van der Waals surface area contributed by atoms with Gasteiger partial charge in [0.1, 0.15) is 5.78 Å². The molecule has 1 aliphatic heterocycles. The second-order valence-electron chi connectivity index (χ2n) is 6.55. The molecule has 1 aliphatic rings. The zero-order chi connectivity index (χ0) is 19.1. The molecule has 27 heavy (non-hydrogen) atoms. The zero-order valence-electron chi connectivity index (χ0n) is 14.2. The summed E-state index contributed by atoms with van der Waals surface area (Å²) in [5.74, 6) is -1.25. The lowest BCUT2D eigenvalue weighted by Gasteiger charge is -2.24. The summed E-state index contributed by atoms with van der Waals surface area (Å²) in [5.41, 5.74) is -2.25. The van der Waals surface area contributed by atoms with E-state index in [9.17, 15) is 17.7 Å². The van der Waals surface area contributed by atoms with Crippen LogP contribution in [0, 0.1) is 0 Å². The largest absolute Gasteiger partial charge is 0.412 e. The minimum absolute atomic E-state index is 0.0783. The first-order valence-corrected chi connectivity index (χ1v) is 10.3. The van der Waals surface area contributed by atoms with E-state index in [0.717, 1.165) is 0 Å². The highest BCUT2D eigenvalue weighted by atomic mass is 31.2. The Morgan fingerprint density at radius 3 is 1.56 bits per heavy atom. The van der Waals surface area contributed by atoms with Gasteiger partial charge in [0, 0.05) is 10.6 Å². The van der Waals surface area contributed by atoms with Crippen LogP contribution in [0.25, 0.3) is 0 Å². The van der Waals surface area contributed by atoms with Crippen LogP contribution in [0.4, 0.5) is 13.2 Å². The Kier molecular flexibility index (Phi) is 4.25. The van der Waals surface area contributed by atoms with Crippen LogP contribution in [0.3, 0.4) is 0 Å². The molecule has 1 saturated heterocycles. The molecule has 0 aliphatic carbocycles. The number of rotatable bonds is 4. The maximum Gasteiger partial charge on any atom is 0.412 e. The maximum absolute atomic E-state index is 14.3. The summed E-state index contributed by atoms with van der Waals surface area (Å²) in [4.78, 5) is 0. The highest BCUT2D eigenvalue weighted by Gasteiger charge is 2.76. The molecular formula is C21H17F3NOP. The summed E-state index contributed by atoms with van der Waals surface area (Å²) in [6, 6.07) is 24.5. The molecule has 0 bridgehead atoms. The Labute approximate surface area is 155 Å². The zero-order valence-corrected chi connectivity index (χ0v) is 15.1. The van der Waals surface area contributed by atoms with E-state index in [4.69, 9.17) is 0 Å². The number of halogens is 3. The molecule has 3 aromatic carbocycles. The van der Waals surface area contributed by atoms with Gasteiger partial charge in [-0.25, -0.2) is 0 Å². The third kappa shape index (κ3) is 2.73. The van der Waals surface area contributed by atoms with Gasteiger partial charge in [-0.1, -0.05) is 91.0 Å². The van der Waals surface area contributed by atoms with Crippen molar-refractivity contribution < 1.29 is 17.7 Å². The third-order valence-corrected chi connectivity index (χ3v) is 8.38. The molecule has 2 atom stereocenters. The van der Waals surface area contributed by atoms with E-state index < -0.39 is 24.6 Å². The Morgan fingerprint density at radius 2 is 1.15 bits per heavy atom. The number of benzene rings is 3. The molecule has 6 heteroatoms. The fourth-order valence-corrected chi connectivity index (χ4v) is 6.98. The molecule has 138 valence electrons. The first-order chi connectivity index (χ1) is 12.9. The minimum Gasteiger partial charge on any atom is -0.312 e. The Bertz CT molecular complexity index is 933. The smallest absolute Gasteiger partial charge is 0.312 e. The number of nitrogens with one attached hydrogen (secondary N) is 1. The van der Waals surface area contributed by atoms with Crippen molar-refractivity contribution in [1.82, 2.24) is 5.32 Å². The van der Waals surface area contributed by atoms with Crippen LogP contribution in [-0.4, -0.2) is 12.0 Å². The standard InChI is InChI=1S/C21H17F3NOP/c22-21(23,24)20(16-10-4-1-5-11-16)19(25-20)27(26,17-12-6-2-7-13-17)18-14-8-3-9-15-18/h1-15,19,25H/t19-,20-/m0/s1. The molecule has 0 amide bonds. The highest BCUT2D eigenvalue weighted by molar-refractivity contribution is 7.79. The van der Waals surface area contributed by atoms with Crippen molar-refractivity contribution in [3.63, 3.8) is 0 Å². The van der Waals surface area contributed by atoms with Gasteiger partial charge in [-0.2, -0.15) is 13.2 Å². The lowest BCUT2D eigenvalue weighted by atomic mass is 9.99. The third-order valence-electron chi connectivity index (χ3n) is 5.01. The van der Waals surface area contributed by atoms with Gasteiger partial charge < -0.3 is 4.57 Å². The van der Waals surface area contributed by atoms with E-state index in [1.165, 1.54) is 12.1 Å². The van der Waals surface area contributed by atoms with Crippen molar-refractivity contribution in [1.29, 1.82) is 0 Å². The van der Waals surface area contributed by atoms with E-state index in [1.54, 1.807) is 78.9 Å². The molecule has 0 radical (unpaired) electrons. The Hall–Kier alpha value is -2.36. The maximum atomic E-state index is 14.3. The summed E-state index contributed by atoms with van der Waals surface area (Å²) in [6.07, 6.45) is -4.59. The molecule has 4 rings (SSSR count). The van der Waals surface area contributed by atoms with Crippen LogP contribution < -0.4 is 15.9 Å². The molecule has 1 heterocycles. The highest BCUT2D eigenvalue weighted by Crippen LogP contribution is 2.66. The van der Waals surface area contributed by atoms with E-state index in [0.29, 0.717) is 10.6 Å². The average Bonchev–Trinajstić information content (AvgIpc) is 3.47. The molecule has 0 saturated carbocycles. The van der Waals surface area contributed by atoms with E-state index >= 15 is 0 Å². The topological polar surface area (TPSA) is 39.0 Å². The Morgan fingerprint density at radius 1 is 0.741 bits per heavy atom. The number of hydrogen-bond acceptors (Lipinski definition) is 2. The summed E-state index contributed by atoms with van der Waals surface area (Å²) in [5, 5.41) is 3.41. The quantitative estimate of drug-likeness (QED) is 0.533. The fourth-order valence-electron chi connectivity index (χ4n) is 3.63. The van der Waals surface area contributed by atoms with Crippen LogP contribution in [0.5, 0.6) is 0 Å². The summed E-state index contributed by atoms with van der Waals surface area (Å²) in [7, 11) is -3.60. The van der Waals surface area contributed by atoms with Gasteiger partial charge in [0.15, 0.2) is 12.7 Å². The van der Waals surface area contributed by atoms with Gasteiger partial charge in [0.05, 0.1) is 0 Å². The van der Waals surface area contributed by atoms with Crippen LogP contribution in [0.2, 0.25) is 0 Å².